The molecule has 22 heavy (non-hydrogen) atoms. The second-order valence-electron chi connectivity index (χ2n) is 5.87. The number of aryl methyl sites for hydroxylation is 2. The highest BCUT2D eigenvalue weighted by molar-refractivity contribution is 6.29. The third-order valence-electron chi connectivity index (χ3n) is 4.49. The van der Waals surface area contributed by atoms with Crippen LogP contribution in [0.25, 0.3) is 0 Å². The van der Waals surface area contributed by atoms with Crippen LogP contribution in [0, 0.1) is 13.8 Å². The molecule has 0 atom stereocenters. The standard InChI is InChI=1S/C16H22ClN5/c1-12-15(13(2)20(3)19-12)11-21-6-8-22(9-7-21)14-4-5-18-16(17)10-14/h4-5,10H,6-9,11H2,1-3H3. The molecule has 6 heteroatoms. The molecule has 1 aliphatic rings. The summed E-state index contributed by atoms with van der Waals surface area (Å²) in [7, 11) is 2.01. The molecular weight excluding hydrogens is 298 g/mol. The quantitative estimate of drug-likeness (QED) is 0.814. The van der Waals surface area contributed by atoms with Gasteiger partial charge in [-0.25, -0.2) is 4.98 Å². The minimum Gasteiger partial charge on any atom is -0.369 e. The lowest BCUT2D eigenvalue weighted by Gasteiger charge is -2.36. The average molecular weight is 320 g/mol. The summed E-state index contributed by atoms with van der Waals surface area (Å²) < 4.78 is 1.97. The normalized spacial score (nSPS) is 16.3. The number of nitrogens with zero attached hydrogens (tertiary/aromatic N) is 5. The van der Waals surface area contributed by atoms with Gasteiger partial charge in [-0.3, -0.25) is 9.58 Å². The Hall–Kier alpha value is -1.59. The molecule has 5 nitrogen and oxygen atoms in total. The molecule has 3 rings (SSSR count). The molecule has 0 spiro atoms. The Morgan fingerprint density at radius 2 is 1.91 bits per heavy atom. The Bertz CT molecular complexity index is 659. The molecule has 0 radical (unpaired) electrons. The van der Waals surface area contributed by atoms with E-state index in [1.807, 2.05) is 23.9 Å². The fourth-order valence-corrected chi connectivity index (χ4v) is 3.19. The summed E-state index contributed by atoms with van der Waals surface area (Å²) >= 11 is 5.98. The van der Waals surface area contributed by atoms with Crippen molar-refractivity contribution in [3.63, 3.8) is 0 Å². The van der Waals surface area contributed by atoms with Gasteiger partial charge in [0.25, 0.3) is 0 Å². The van der Waals surface area contributed by atoms with Gasteiger partial charge in [0.2, 0.25) is 0 Å². The van der Waals surface area contributed by atoms with Gasteiger partial charge in [-0.15, -0.1) is 0 Å². The molecule has 1 aliphatic heterocycles. The Morgan fingerprint density at radius 1 is 1.18 bits per heavy atom. The van der Waals surface area contributed by atoms with E-state index in [0.717, 1.165) is 44.1 Å². The van der Waals surface area contributed by atoms with Gasteiger partial charge in [0, 0.05) is 62.9 Å². The SMILES string of the molecule is Cc1nn(C)c(C)c1CN1CCN(c2ccnc(Cl)c2)CC1. The van der Waals surface area contributed by atoms with Crippen molar-refractivity contribution < 1.29 is 0 Å². The zero-order valence-corrected chi connectivity index (χ0v) is 14.1. The molecular formula is C16H22ClN5. The first-order valence-corrected chi connectivity index (χ1v) is 8.00. The van der Waals surface area contributed by atoms with E-state index in [1.54, 1.807) is 6.20 Å². The topological polar surface area (TPSA) is 37.2 Å². The first-order chi connectivity index (χ1) is 10.5. The highest BCUT2D eigenvalue weighted by Crippen LogP contribution is 2.21. The lowest BCUT2D eigenvalue weighted by atomic mass is 10.1. The van der Waals surface area contributed by atoms with Gasteiger partial charge in [0.05, 0.1) is 5.69 Å². The lowest BCUT2D eigenvalue weighted by Crippen LogP contribution is -2.46. The fourth-order valence-electron chi connectivity index (χ4n) is 3.02. The van der Waals surface area contributed by atoms with Crippen LogP contribution in [0.5, 0.6) is 0 Å². The Labute approximate surface area is 136 Å². The predicted molar refractivity (Wildman–Crippen MR) is 89.4 cm³/mol. The van der Waals surface area contributed by atoms with Crippen molar-refractivity contribution in [1.29, 1.82) is 0 Å². The molecule has 2 aromatic heterocycles. The molecule has 0 aromatic carbocycles. The summed E-state index contributed by atoms with van der Waals surface area (Å²) in [5.74, 6) is 0. The molecule has 1 saturated heterocycles. The van der Waals surface area contributed by atoms with Gasteiger partial charge in [-0.05, 0) is 26.0 Å². The number of pyridine rings is 1. The van der Waals surface area contributed by atoms with Crippen LogP contribution in [0.2, 0.25) is 5.15 Å². The summed E-state index contributed by atoms with van der Waals surface area (Å²) in [5, 5.41) is 5.06. The minimum atomic E-state index is 0.557. The number of aromatic nitrogens is 3. The third-order valence-corrected chi connectivity index (χ3v) is 4.69. The van der Waals surface area contributed by atoms with Gasteiger partial charge < -0.3 is 4.90 Å². The summed E-state index contributed by atoms with van der Waals surface area (Å²) in [6.45, 7) is 9.34. The average Bonchev–Trinajstić information content (AvgIpc) is 2.74. The number of hydrogen-bond acceptors (Lipinski definition) is 4. The van der Waals surface area contributed by atoms with E-state index in [0.29, 0.717) is 5.15 Å². The summed E-state index contributed by atoms with van der Waals surface area (Å²) in [5.41, 5.74) is 4.93. The summed E-state index contributed by atoms with van der Waals surface area (Å²) in [6, 6.07) is 3.96. The van der Waals surface area contributed by atoms with Crippen molar-refractivity contribution >= 4 is 17.3 Å². The number of halogens is 1. The van der Waals surface area contributed by atoms with Gasteiger partial charge in [-0.1, -0.05) is 11.6 Å². The summed E-state index contributed by atoms with van der Waals surface area (Å²) in [4.78, 5) is 8.91. The van der Waals surface area contributed by atoms with Crippen LogP contribution >= 0.6 is 11.6 Å². The van der Waals surface area contributed by atoms with Crippen molar-refractivity contribution in [2.45, 2.75) is 20.4 Å². The van der Waals surface area contributed by atoms with Crippen LogP contribution < -0.4 is 4.90 Å². The molecule has 0 unspecified atom stereocenters. The fraction of sp³-hybridized carbons (Fsp3) is 0.500. The van der Waals surface area contributed by atoms with E-state index in [1.165, 1.54) is 11.3 Å². The van der Waals surface area contributed by atoms with Crippen molar-refractivity contribution in [2.75, 3.05) is 31.1 Å². The van der Waals surface area contributed by atoms with Crippen LogP contribution in [0.3, 0.4) is 0 Å². The van der Waals surface area contributed by atoms with Crippen molar-refractivity contribution in [3.05, 3.63) is 40.4 Å². The Balaban J connectivity index is 1.62. The van der Waals surface area contributed by atoms with E-state index < -0.39 is 0 Å². The first kappa shape index (κ1) is 15.3. The molecule has 1 fully saturated rings. The molecule has 3 heterocycles. The monoisotopic (exact) mass is 319 g/mol. The van der Waals surface area contributed by atoms with Crippen molar-refractivity contribution in [1.82, 2.24) is 19.7 Å². The van der Waals surface area contributed by atoms with E-state index >= 15 is 0 Å². The maximum Gasteiger partial charge on any atom is 0.131 e. The van der Waals surface area contributed by atoms with E-state index in [2.05, 4.69) is 33.7 Å². The molecule has 0 N–H and O–H groups in total. The largest absolute Gasteiger partial charge is 0.369 e. The van der Waals surface area contributed by atoms with Gasteiger partial charge in [0.15, 0.2) is 0 Å². The smallest absolute Gasteiger partial charge is 0.131 e. The third kappa shape index (κ3) is 3.10. The van der Waals surface area contributed by atoms with Crippen molar-refractivity contribution in [2.24, 2.45) is 7.05 Å². The molecule has 118 valence electrons. The van der Waals surface area contributed by atoms with E-state index in [9.17, 15) is 0 Å². The first-order valence-electron chi connectivity index (χ1n) is 7.62. The van der Waals surface area contributed by atoms with Gasteiger partial charge >= 0.3 is 0 Å². The summed E-state index contributed by atoms with van der Waals surface area (Å²) in [6.07, 6.45) is 1.77. The zero-order chi connectivity index (χ0) is 15.7. The number of anilines is 1. The Morgan fingerprint density at radius 3 is 2.50 bits per heavy atom. The molecule has 0 amide bonds. The van der Waals surface area contributed by atoms with Gasteiger partial charge in [-0.2, -0.15) is 5.10 Å². The second-order valence-corrected chi connectivity index (χ2v) is 6.26. The van der Waals surface area contributed by atoms with Crippen LogP contribution in [-0.2, 0) is 13.6 Å². The van der Waals surface area contributed by atoms with Crippen LogP contribution in [0.4, 0.5) is 5.69 Å². The highest BCUT2D eigenvalue weighted by Gasteiger charge is 2.20. The minimum absolute atomic E-state index is 0.557. The van der Waals surface area contributed by atoms with E-state index in [-0.39, 0.29) is 0 Å². The molecule has 0 bridgehead atoms. The zero-order valence-electron chi connectivity index (χ0n) is 13.4. The molecule has 0 saturated carbocycles. The van der Waals surface area contributed by atoms with Gasteiger partial charge in [0.1, 0.15) is 5.15 Å². The van der Waals surface area contributed by atoms with Crippen LogP contribution in [0.15, 0.2) is 18.3 Å². The maximum absolute atomic E-state index is 5.98. The van der Waals surface area contributed by atoms with Crippen LogP contribution in [-0.4, -0.2) is 45.8 Å². The van der Waals surface area contributed by atoms with Crippen LogP contribution in [0.1, 0.15) is 17.0 Å². The maximum atomic E-state index is 5.98. The number of rotatable bonds is 3. The molecule has 0 aliphatic carbocycles. The Kier molecular flexibility index (Phi) is 4.36. The van der Waals surface area contributed by atoms with E-state index in [4.69, 9.17) is 11.6 Å². The highest BCUT2D eigenvalue weighted by atomic mass is 35.5. The second kappa shape index (κ2) is 6.26. The van der Waals surface area contributed by atoms with Crippen molar-refractivity contribution in [3.8, 4) is 0 Å². The number of piperazine rings is 1. The molecule has 2 aromatic rings. The lowest BCUT2D eigenvalue weighted by molar-refractivity contribution is 0.249. The predicted octanol–water partition coefficient (Wildman–Crippen LogP) is 2.41. The number of hydrogen-bond donors (Lipinski definition) is 0.